The number of fused-ring (bicyclic) bond motifs is 1. The number of carbonyl (C=O) groups is 1. The molecule has 22 heavy (non-hydrogen) atoms. The molecule has 5 nitrogen and oxygen atoms in total. The van der Waals surface area contributed by atoms with E-state index in [-0.39, 0.29) is 6.61 Å². The van der Waals surface area contributed by atoms with Gasteiger partial charge >= 0.3 is 5.97 Å². The Morgan fingerprint density at radius 2 is 2.00 bits per heavy atom. The highest BCUT2D eigenvalue weighted by Gasteiger charge is 1.99. The maximum Gasteiger partial charge on any atom is 0.341 e. The van der Waals surface area contributed by atoms with E-state index < -0.39 is 5.97 Å². The van der Waals surface area contributed by atoms with Crippen LogP contribution in [0.4, 0.5) is 0 Å². The van der Waals surface area contributed by atoms with Gasteiger partial charge in [-0.25, -0.2) is 9.78 Å². The zero-order valence-electron chi connectivity index (χ0n) is 11.7. The van der Waals surface area contributed by atoms with E-state index in [1.807, 2.05) is 53.1 Å². The van der Waals surface area contributed by atoms with Crippen LogP contribution < -0.4 is 4.74 Å². The fourth-order valence-corrected chi connectivity index (χ4v) is 2.11. The molecule has 3 aromatic rings. The summed E-state index contributed by atoms with van der Waals surface area (Å²) in [6, 6.07) is 13.2. The van der Waals surface area contributed by atoms with Gasteiger partial charge in [0.05, 0.1) is 18.0 Å². The van der Waals surface area contributed by atoms with E-state index in [1.165, 1.54) is 0 Å². The van der Waals surface area contributed by atoms with E-state index in [0.717, 1.165) is 16.8 Å². The minimum atomic E-state index is -0.989. The zero-order valence-corrected chi connectivity index (χ0v) is 11.7. The second-order valence-corrected chi connectivity index (χ2v) is 4.72. The van der Waals surface area contributed by atoms with Crippen molar-refractivity contribution in [2.24, 2.45) is 0 Å². The minimum absolute atomic E-state index is 0.336. The molecule has 0 aliphatic carbocycles. The Hall–Kier alpha value is -3.08. The third kappa shape index (κ3) is 3.15. The topological polar surface area (TPSA) is 63.8 Å². The van der Waals surface area contributed by atoms with Crippen LogP contribution in [0.2, 0.25) is 0 Å². The quantitative estimate of drug-likeness (QED) is 0.785. The Kier molecular flexibility index (Phi) is 3.87. The van der Waals surface area contributed by atoms with E-state index in [0.29, 0.717) is 5.75 Å². The second-order valence-electron chi connectivity index (χ2n) is 4.72. The van der Waals surface area contributed by atoms with Crippen LogP contribution in [-0.2, 0) is 4.79 Å². The van der Waals surface area contributed by atoms with Gasteiger partial charge in [-0.15, -0.1) is 0 Å². The summed E-state index contributed by atoms with van der Waals surface area (Å²) in [6.07, 6.45) is 7.57. The first-order chi connectivity index (χ1) is 10.7. The number of carboxylic acids is 1. The van der Waals surface area contributed by atoms with Gasteiger partial charge in [-0.2, -0.15) is 0 Å². The molecule has 0 atom stereocenters. The molecule has 2 heterocycles. The molecule has 0 unspecified atom stereocenters. The summed E-state index contributed by atoms with van der Waals surface area (Å²) in [4.78, 5) is 14.6. The summed E-state index contributed by atoms with van der Waals surface area (Å²) in [5.41, 5.74) is 3.07. The summed E-state index contributed by atoms with van der Waals surface area (Å²) >= 11 is 0. The third-order valence-corrected chi connectivity index (χ3v) is 3.17. The van der Waals surface area contributed by atoms with E-state index in [2.05, 4.69) is 4.98 Å². The Labute approximate surface area is 127 Å². The molecule has 0 amide bonds. The number of hydrogen-bond donors (Lipinski definition) is 1. The Bertz CT molecular complexity index is 819. The number of aromatic nitrogens is 2. The molecule has 0 bridgehead atoms. The fraction of sp³-hybridized carbons (Fsp3) is 0.0588. The van der Waals surface area contributed by atoms with Gasteiger partial charge in [0.15, 0.2) is 6.61 Å². The monoisotopic (exact) mass is 294 g/mol. The van der Waals surface area contributed by atoms with Crippen LogP contribution in [0, 0.1) is 0 Å². The minimum Gasteiger partial charge on any atom is -0.482 e. The van der Waals surface area contributed by atoms with Gasteiger partial charge < -0.3 is 9.84 Å². The van der Waals surface area contributed by atoms with Gasteiger partial charge in [0, 0.05) is 5.69 Å². The lowest BCUT2D eigenvalue weighted by atomic mass is 10.2. The SMILES string of the molecule is O=C(O)COc1ccc(C=Cc2cccc3cncn23)cc1. The highest BCUT2D eigenvalue weighted by atomic mass is 16.5. The van der Waals surface area contributed by atoms with Crippen LogP contribution >= 0.6 is 0 Å². The van der Waals surface area contributed by atoms with Gasteiger partial charge in [-0.1, -0.05) is 24.3 Å². The first kappa shape index (κ1) is 13.9. The van der Waals surface area contributed by atoms with Crippen LogP contribution in [0.15, 0.2) is 55.0 Å². The van der Waals surface area contributed by atoms with Crippen molar-refractivity contribution in [1.29, 1.82) is 0 Å². The molecule has 1 N–H and O–H groups in total. The predicted molar refractivity (Wildman–Crippen MR) is 83.7 cm³/mol. The van der Waals surface area contributed by atoms with Crippen molar-refractivity contribution in [2.45, 2.75) is 0 Å². The molecule has 0 saturated heterocycles. The van der Waals surface area contributed by atoms with Crippen LogP contribution in [0.5, 0.6) is 5.75 Å². The standard InChI is InChI=1S/C17H14N2O3/c20-17(21)11-22-16-8-5-13(6-9-16)4-7-14-2-1-3-15-10-18-12-19(14)15/h1-10,12H,11H2,(H,20,21). The van der Waals surface area contributed by atoms with Crippen molar-refractivity contribution in [2.75, 3.05) is 6.61 Å². The number of ether oxygens (including phenoxy) is 1. The number of rotatable bonds is 5. The van der Waals surface area contributed by atoms with Crippen molar-refractivity contribution in [3.8, 4) is 5.75 Å². The molecule has 110 valence electrons. The average Bonchev–Trinajstić information content (AvgIpc) is 3.01. The molecule has 0 aliphatic rings. The van der Waals surface area contributed by atoms with Crippen molar-refractivity contribution in [1.82, 2.24) is 9.38 Å². The molecule has 0 saturated carbocycles. The number of pyridine rings is 1. The van der Waals surface area contributed by atoms with Crippen LogP contribution in [0.3, 0.4) is 0 Å². The lowest BCUT2D eigenvalue weighted by molar-refractivity contribution is -0.139. The van der Waals surface area contributed by atoms with Gasteiger partial charge in [0.2, 0.25) is 0 Å². The number of imidazole rings is 1. The normalized spacial score (nSPS) is 11.1. The van der Waals surface area contributed by atoms with Crippen LogP contribution in [-0.4, -0.2) is 27.1 Å². The maximum atomic E-state index is 10.4. The number of aliphatic carboxylic acids is 1. The molecule has 3 rings (SSSR count). The third-order valence-electron chi connectivity index (χ3n) is 3.17. The van der Waals surface area contributed by atoms with Gasteiger partial charge in [-0.05, 0) is 35.9 Å². The van der Waals surface area contributed by atoms with Crippen molar-refractivity contribution in [3.63, 3.8) is 0 Å². The Balaban J connectivity index is 1.75. The first-order valence-corrected chi connectivity index (χ1v) is 6.76. The van der Waals surface area contributed by atoms with Crippen LogP contribution in [0.25, 0.3) is 17.7 Å². The van der Waals surface area contributed by atoms with E-state index in [1.54, 1.807) is 18.5 Å². The molecule has 0 aliphatic heterocycles. The molecule has 0 radical (unpaired) electrons. The summed E-state index contributed by atoms with van der Waals surface area (Å²) < 4.78 is 7.10. The number of benzene rings is 1. The van der Waals surface area contributed by atoms with Crippen molar-refractivity contribution < 1.29 is 14.6 Å². The molecule has 2 aromatic heterocycles. The number of nitrogens with zero attached hydrogens (tertiary/aromatic N) is 2. The smallest absolute Gasteiger partial charge is 0.341 e. The van der Waals surface area contributed by atoms with Gasteiger partial charge in [0.1, 0.15) is 5.75 Å². The number of hydrogen-bond acceptors (Lipinski definition) is 3. The summed E-state index contributed by atoms with van der Waals surface area (Å²) in [7, 11) is 0. The van der Waals surface area contributed by atoms with Gasteiger partial charge in [-0.3, -0.25) is 4.40 Å². The average molecular weight is 294 g/mol. The largest absolute Gasteiger partial charge is 0.482 e. The molecule has 0 spiro atoms. The molecule has 0 fully saturated rings. The van der Waals surface area contributed by atoms with E-state index in [9.17, 15) is 4.79 Å². The second kappa shape index (κ2) is 6.13. The van der Waals surface area contributed by atoms with E-state index >= 15 is 0 Å². The van der Waals surface area contributed by atoms with Crippen molar-refractivity contribution >= 4 is 23.6 Å². The van der Waals surface area contributed by atoms with E-state index in [4.69, 9.17) is 9.84 Å². The lowest BCUT2D eigenvalue weighted by Crippen LogP contribution is -2.09. The maximum absolute atomic E-state index is 10.4. The number of carboxylic acid groups (broad SMARTS) is 1. The fourth-order valence-electron chi connectivity index (χ4n) is 2.11. The lowest BCUT2D eigenvalue weighted by Gasteiger charge is -2.03. The molecule has 5 heteroatoms. The zero-order chi connectivity index (χ0) is 15.4. The molecular weight excluding hydrogens is 280 g/mol. The molecule has 1 aromatic carbocycles. The Morgan fingerprint density at radius 3 is 2.77 bits per heavy atom. The summed E-state index contributed by atoms with van der Waals surface area (Å²) in [5.74, 6) is -0.450. The van der Waals surface area contributed by atoms with Crippen LogP contribution in [0.1, 0.15) is 11.3 Å². The summed E-state index contributed by atoms with van der Waals surface area (Å²) in [5, 5.41) is 8.56. The van der Waals surface area contributed by atoms with Crippen molar-refractivity contribution in [3.05, 3.63) is 66.2 Å². The highest BCUT2D eigenvalue weighted by Crippen LogP contribution is 2.15. The first-order valence-electron chi connectivity index (χ1n) is 6.76. The summed E-state index contributed by atoms with van der Waals surface area (Å²) in [6.45, 7) is -0.336. The molecular formula is C17H14N2O3. The Morgan fingerprint density at radius 1 is 1.18 bits per heavy atom. The highest BCUT2D eigenvalue weighted by molar-refractivity contribution is 5.70. The predicted octanol–water partition coefficient (Wildman–Crippen LogP) is 2.97. The van der Waals surface area contributed by atoms with Gasteiger partial charge in [0.25, 0.3) is 0 Å².